The Bertz CT molecular complexity index is 3810. The molecule has 0 amide bonds. The van der Waals surface area contributed by atoms with Gasteiger partial charge in [0.05, 0.1) is 5.69 Å². The summed E-state index contributed by atoms with van der Waals surface area (Å²) in [7, 11) is 0. The van der Waals surface area contributed by atoms with Crippen molar-refractivity contribution in [2.45, 2.75) is 0 Å². The molecular formula is C54H31NO2S2. The van der Waals surface area contributed by atoms with E-state index in [1.165, 1.54) is 51.5 Å². The van der Waals surface area contributed by atoms with Crippen LogP contribution in [0.15, 0.2) is 197 Å². The number of furan rings is 2. The Hall–Kier alpha value is -7.18. The van der Waals surface area contributed by atoms with E-state index in [2.05, 4.69) is 175 Å². The van der Waals surface area contributed by atoms with Crippen molar-refractivity contribution in [2.75, 3.05) is 4.90 Å². The van der Waals surface area contributed by atoms with Crippen LogP contribution < -0.4 is 4.90 Å². The molecule has 0 fully saturated rings. The summed E-state index contributed by atoms with van der Waals surface area (Å²) in [5.74, 6) is 0. The summed E-state index contributed by atoms with van der Waals surface area (Å²) in [6.07, 6.45) is 0. The first kappa shape index (κ1) is 32.9. The Kier molecular flexibility index (Phi) is 7.05. The lowest BCUT2D eigenvalue weighted by Gasteiger charge is -2.26. The molecule has 4 aromatic heterocycles. The van der Waals surface area contributed by atoms with Gasteiger partial charge in [0, 0.05) is 73.3 Å². The van der Waals surface area contributed by atoms with Crippen LogP contribution in [0.25, 0.3) is 106 Å². The van der Waals surface area contributed by atoms with E-state index < -0.39 is 0 Å². The lowest BCUT2D eigenvalue weighted by molar-refractivity contribution is 0.668. The molecule has 0 aliphatic rings. The van der Waals surface area contributed by atoms with Gasteiger partial charge in [0.15, 0.2) is 5.58 Å². The molecular weight excluding hydrogens is 759 g/mol. The number of thiophene rings is 2. The SMILES string of the molecule is c1cc(-c2cccc3sc4ccc5c6ccccc6sc5c4c23)cc(N(c2ccc(-c3ccc4c(c3)oc3ccccc34)cc2)c2cccc3c2oc2ccccc23)c1. The minimum atomic E-state index is 0.858. The molecule has 4 heterocycles. The standard InChI is InChI=1S/C54H31NO2S2/c1-4-18-45-38(12-1)40-27-24-33(31-47(40)56-45)32-22-25-35(26-23-32)55(44-17-8-16-42-39-13-2-5-19-46(39)57-53(42)44)36-11-7-10-34(30-36)37-15-9-21-49-51(37)52-50(58-49)29-28-43-41-14-3-6-20-48(41)59-54(43)52/h1-31H. The van der Waals surface area contributed by atoms with Gasteiger partial charge in [-0.1, -0.05) is 115 Å². The molecule has 0 N–H and O–H groups in total. The van der Waals surface area contributed by atoms with Crippen LogP contribution in [0.2, 0.25) is 0 Å². The van der Waals surface area contributed by atoms with Crippen molar-refractivity contribution in [3.05, 3.63) is 188 Å². The van der Waals surface area contributed by atoms with E-state index >= 15 is 0 Å². The molecule has 0 aliphatic carbocycles. The van der Waals surface area contributed by atoms with E-state index in [9.17, 15) is 0 Å². The van der Waals surface area contributed by atoms with Gasteiger partial charge in [-0.15, -0.1) is 22.7 Å². The number of hydrogen-bond donors (Lipinski definition) is 0. The molecule has 13 aromatic rings. The van der Waals surface area contributed by atoms with Crippen LogP contribution in [-0.4, -0.2) is 0 Å². The first-order chi connectivity index (χ1) is 29.2. The van der Waals surface area contributed by atoms with Crippen molar-refractivity contribution in [3.8, 4) is 22.3 Å². The fourth-order valence-corrected chi connectivity index (χ4v) is 11.6. The average molecular weight is 790 g/mol. The Morgan fingerprint density at radius 2 is 1.02 bits per heavy atom. The normalized spacial score (nSPS) is 12.1. The average Bonchev–Trinajstić information content (AvgIpc) is 4.06. The molecule has 59 heavy (non-hydrogen) atoms. The van der Waals surface area contributed by atoms with Gasteiger partial charge in [-0.05, 0) is 95.1 Å². The van der Waals surface area contributed by atoms with Crippen molar-refractivity contribution in [1.82, 2.24) is 0 Å². The summed E-state index contributed by atoms with van der Waals surface area (Å²) in [6.45, 7) is 0. The Morgan fingerprint density at radius 1 is 0.356 bits per heavy atom. The quantitative estimate of drug-likeness (QED) is 0.174. The smallest absolute Gasteiger partial charge is 0.159 e. The number of fused-ring (bicyclic) bond motifs is 13. The highest BCUT2D eigenvalue weighted by molar-refractivity contribution is 7.29. The summed E-state index contributed by atoms with van der Waals surface area (Å²) in [4.78, 5) is 2.34. The van der Waals surface area contributed by atoms with Gasteiger partial charge in [0.2, 0.25) is 0 Å². The summed E-state index contributed by atoms with van der Waals surface area (Å²) in [5, 5.41) is 9.79. The first-order valence-electron chi connectivity index (χ1n) is 19.8. The molecule has 0 saturated heterocycles. The van der Waals surface area contributed by atoms with Gasteiger partial charge in [-0.3, -0.25) is 0 Å². The first-order valence-corrected chi connectivity index (χ1v) is 21.4. The highest BCUT2D eigenvalue weighted by atomic mass is 32.1. The summed E-state index contributed by atoms with van der Waals surface area (Å²) in [6, 6.07) is 67.6. The molecule has 3 nitrogen and oxygen atoms in total. The maximum Gasteiger partial charge on any atom is 0.159 e. The monoisotopic (exact) mass is 789 g/mol. The van der Waals surface area contributed by atoms with Crippen molar-refractivity contribution in [1.29, 1.82) is 0 Å². The van der Waals surface area contributed by atoms with Crippen LogP contribution in [0.5, 0.6) is 0 Å². The topological polar surface area (TPSA) is 29.5 Å². The van der Waals surface area contributed by atoms with Crippen molar-refractivity contribution < 1.29 is 8.83 Å². The fourth-order valence-electron chi connectivity index (χ4n) is 9.18. The second kappa shape index (κ2) is 12.7. The van der Waals surface area contributed by atoms with Gasteiger partial charge >= 0.3 is 0 Å². The van der Waals surface area contributed by atoms with E-state index in [0.717, 1.165) is 72.1 Å². The second-order valence-electron chi connectivity index (χ2n) is 15.2. The number of para-hydroxylation sites is 3. The van der Waals surface area contributed by atoms with Gasteiger partial charge in [-0.2, -0.15) is 0 Å². The van der Waals surface area contributed by atoms with Crippen LogP contribution in [0, 0.1) is 0 Å². The largest absolute Gasteiger partial charge is 0.456 e. The molecule has 0 aliphatic heterocycles. The van der Waals surface area contributed by atoms with Crippen LogP contribution >= 0.6 is 22.7 Å². The number of rotatable bonds is 5. The molecule has 0 spiro atoms. The molecule has 9 aromatic carbocycles. The van der Waals surface area contributed by atoms with Gasteiger partial charge in [0.25, 0.3) is 0 Å². The fraction of sp³-hybridized carbons (Fsp3) is 0. The molecule has 13 rings (SSSR count). The molecule has 5 heteroatoms. The van der Waals surface area contributed by atoms with Crippen LogP contribution in [0.4, 0.5) is 17.1 Å². The van der Waals surface area contributed by atoms with Crippen LogP contribution in [0.1, 0.15) is 0 Å². The van der Waals surface area contributed by atoms with Gasteiger partial charge in [-0.25, -0.2) is 0 Å². The second-order valence-corrected chi connectivity index (χ2v) is 17.3. The van der Waals surface area contributed by atoms with E-state index in [0.29, 0.717) is 0 Å². The highest BCUT2D eigenvalue weighted by Crippen LogP contribution is 2.49. The number of nitrogens with zero attached hydrogens (tertiary/aromatic N) is 1. The van der Waals surface area contributed by atoms with Gasteiger partial charge < -0.3 is 13.7 Å². The predicted octanol–water partition coefficient (Wildman–Crippen LogP) is 17.0. The molecule has 276 valence electrons. The van der Waals surface area contributed by atoms with E-state index in [4.69, 9.17) is 8.83 Å². The third-order valence-electron chi connectivity index (χ3n) is 11.9. The summed E-state index contributed by atoms with van der Waals surface area (Å²) < 4.78 is 18.3. The zero-order valence-corrected chi connectivity index (χ0v) is 33.1. The summed E-state index contributed by atoms with van der Waals surface area (Å²) >= 11 is 3.78. The number of anilines is 3. The lowest BCUT2D eigenvalue weighted by atomic mass is 9.98. The minimum Gasteiger partial charge on any atom is -0.456 e. The number of benzene rings is 9. The predicted molar refractivity (Wildman–Crippen MR) is 252 cm³/mol. The lowest BCUT2D eigenvalue weighted by Crippen LogP contribution is -2.10. The van der Waals surface area contributed by atoms with Crippen LogP contribution in [-0.2, 0) is 0 Å². The van der Waals surface area contributed by atoms with Crippen molar-refractivity contribution >= 4 is 124 Å². The zero-order chi connectivity index (χ0) is 38.6. The molecule has 0 atom stereocenters. The zero-order valence-electron chi connectivity index (χ0n) is 31.5. The third kappa shape index (κ3) is 4.99. The van der Waals surface area contributed by atoms with Crippen molar-refractivity contribution in [3.63, 3.8) is 0 Å². The molecule has 0 saturated carbocycles. The Labute approximate surface area is 346 Å². The molecule has 0 bridgehead atoms. The third-order valence-corrected chi connectivity index (χ3v) is 14.2. The molecule has 0 unspecified atom stereocenters. The maximum atomic E-state index is 6.69. The van der Waals surface area contributed by atoms with E-state index in [1.807, 2.05) is 40.9 Å². The maximum absolute atomic E-state index is 6.69. The van der Waals surface area contributed by atoms with E-state index in [1.54, 1.807) is 0 Å². The van der Waals surface area contributed by atoms with E-state index in [-0.39, 0.29) is 0 Å². The Morgan fingerprint density at radius 3 is 1.90 bits per heavy atom. The highest BCUT2D eigenvalue weighted by Gasteiger charge is 2.22. The summed E-state index contributed by atoms with van der Waals surface area (Å²) in [5.41, 5.74) is 11.2. The van der Waals surface area contributed by atoms with Crippen molar-refractivity contribution in [2.24, 2.45) is 0 Å². The minimum absolute atomic E-state index is 0.858. The molecule has 0 radical (unpaired) electrons. The van der Waals surface area contributed by atoms with Crippen LogP contribution in [0.3, 0.4) is 0 Å². The van der Waals surface area contributed by atoms with Gasteiger partial charge in [0.1, 0.15) is 16.7 Å². The number of hydrogen-bond acceptors (Lipinski definition) is 5. The Balaban J connectivity index is 0.992.